The van der Waals surface area contributed by atoms with Gasteiger partial charge < -0.3 is 5.32 Å². The fraction of sp³-hybridized carbons (Fsp3) is 0.235. The smallest absolute Gasteiger partial charge is 0.251 e. The maximum atomic E-state index is 13.0. The number of fused-ring (bicyclic) bond motifs is 1. The number of hydrogen-bond donors (Lipinski definition) is 1. The summed E-state index contributed by atoms with van der Waals surface area (Å²) in [5, 5.41) is 11.1. The molecular formula is C17H17FN4O. The van der Waals surface area contributed by atoms with E-state index in [1.165, 1.54) is 12.1 Å². The molecule has 0 saturated carbocycles. The van der Waals surface area contributed by atoms with Crippen molar-refractivity contribution in [2.24, 2.45) is 0 Å². The van der Waals surface area contributed by atoms with Gasteiger partial charge in [0.25, 0.3) is 5.91 Å². The number of carbonyl (C=O) groups excluding carboxylic acids is 1. The summed E-state index contributed by atoms with van der Waals surface area (Å²) in [5.74, 6) is -0.395. The van der Waals surface area contributed by atoms with Crippen molar-refractivity contribution >= 4 is 16.9 Å². The molecule has 0 fully saturated rings. The first-order valence-corrected chi connectivity index (χ1v) is 7.41. The molecule has 1 N–H and O–H groups in total. The molecule has 1 amide bonds. The van der Waals surface area contributed by atoms with E-state index in [1.807, 2.05) is 19.9 Å². The van der Waals surface area contributed by atoms with E-state index in [4.69, 9.17) is 0 Å². The predicted octanol–water partition coefficient (Wildman–Crippen LogP) is 2.76. The monoisotopic (exact) mass is 312 g/mol. The second-order valence-electron chi connectivity index (χ2n) is 5.71. The van der Waals surface area contributed by atoms with Gasteiger partial charge in [-0.3, -0.25) is 4.79 Å². The van der Waals surface area contributed by atoms with Crippen LogP contribution in [0.4, 0.5) is 4.39 Å². The molecule has 2 aromatic carbocycles. The van der Waals surface area contributed by atoms with Crippen LogP contribution in [0.25, 0.3) is 11.0 Å². The zero-order valence-corrected chi connectivity index (χ0v) is 13.0. The summed E-state index contributed by atoms with van der Waals surface area (Å²) >= 11 is 0. The average Bonchev–Trinajstić information content (AvgIpc) is 2.91. The van der Waals surface area contributed by atoms with Crippen LogP contribution in [0.15, 0.2) is 42.5 Å². The van der Waals surface area contributed by atoms with Crippen LogP contribution in [0.5, 0.6) is 0 Å². The molecule has 1 heterocycles. The number of carbonyl (C=O) groups is 1. The Labute approximate surface area is 133 Å². The summed E-state index contributed by atoms with van der Waals surface area (Å²) in [6.07, 6.45) is 0. The summed E-state index contributed by atoms with van der Waals surface area (Å²) in [5.41, 5.74) is 2.97. The number of amides is 1. The number of benzene rings is 2. The normalized spacial score (nSPS) is 11.1. The summed E-state index contributed by atoms with van der Waals surface area (Å²) in [4.78, 5) is 12.0. The first-order chi connectivity index (χ1) is 11.0. The Balaban J connectivity index is 1.86. The van der Waals surface area contributed by atoms with Crippen molar-refractivity contribution in [3.05, 3.63) is 59.4 Å². The number of nitrogens with one attached hydrogen (secondary N) is 1. The van der Waals surface area contributed by atoms with Gasteiger partial charge in [0, 0.05) is 11.6 Å². The summed E-state index contributed by atoms with van der Waals surface area (Å²) in [6.45, 7) is 4.32. The zero-order valence-electron chi connectivity index (χ0n) is 13.0. The van der Waals surface area contributed by atoms with Crippen molar-refractivity contribution in [2.75, 3.05) is 0 Å². The third kappa shape index (κ3) is 3.36. The molecule has 0 aliphatic carbocycles. The fourth-order valence-corrected chi connectivity index (χ4v) is 2.34. The minimum Gasteiger partial charge on any atom is -0.350 e. The molecule has 3 rings (SSSR count). The predicted molar refractivity (Wildman–Crippen MR) is 85.6 cm³/mol. The lowest BCUT2D eigenvalue weighted by Crippen LogP contribution is -2.29. The van der Waals surface area contributed by atoms with E-state index in [9.17, 15) is 9.18 Å². The zero-order chi connectivity index (χ0) is 16.4. The van der Waals surface area contributed by atoms with Gasteiger partial charge >= 0.3 is 0 Å². The second kappa shape index (κ2) is 6.16. The number of nitrogens with zero attached hydrogens (tertiary/aromatic N) is 3. The van der Waals surface area contributed by atoms with Crippen LogP contribution in [0, 0.1) is 5.82 Å². The van der Waals surface area contributed by atoms with Crippen LogP contribution in [-0.4, -0.2) is 26.9 Å². The van der Waals surface area contributed by atoms with E-state index in [-0.39, 0.29) is 17.8 Å². The highest BCUT2D eigenvalue weighted by molar-refractivity contribution is 5.97. The van der Waals surface area contributed by atoms with E-state index in [1.54, 1.807) is 28.9 Å². The van der Waals surface area contributed by atoms with Gasteiger partial charge in [-0.2, -0.15) is 0 Å². The third-order valence-electron chi connectivity index (χ3n) is 3.44. The Bertz CT molecular complexity index is 839. The Hall–Kier alpha value is -2.76. The highest BCUT2D eigenvalue weighted by atomic mass is 19.1. The summed E-state index contributed by atoms with van der Waals surface area (Å²) < 4.78 is 14.7. The van der Waals surface area contributed by atoms with Gasteiger partial charge in [0.15, 0.2) is 0 Å². The minimum atomic E-state index is -0.266. The van der Waals surface area contributed by atoms with Crippen molar-refractivity contribution in [1.29, 1.82) is 0 Å². The molecule has 0 bridgehead atoms. The molecule has 0 radical (unpaired) electrons. The van der Waals surface area contributed by atoms with Gasteiger partial charge in [-0.05, 0) is 49.7 Å². The number of rotatable bonds is 4. The first kappa shape index (κ1) is 15.1. The van der Waals surface area contributed by atoms with Crippen LogP contribution < -0.4 is 5.32 Å². The van der Waals surface area contributed by atoms with Gasteiger partial charge in [0.2, 0.25) is 0 Å². The largest absolute Gasteiger partial charge is 0.350 e. The van der Waals surface area contributed by atoms with Crippen molar-refractivity contribution in [1.82, 2.24) is 20.3 Å². The highest BCUT2D eigenvalue weighted by Crippen LogP contribution is 2.15. The Morgan fingerprint density at radius 3 is 2.65 bits per heavy atom. The Morgan fingerprint density at radius 2 is 1.96 bits per heavy atom. The Kier molecular flexibility index (Phi) is 4.06. The number of halogens is 1. The summed E-state index contributed by atoms with van der Waals surface area (Å²) in [6, 6.07) is 11.7. The van der Waals surface area contributed by atoms with Crippen molar-refractivity contribution in [3.63, 3.8) is 0 Å². The average molecular weight is 312 g/mol. The first-order valence-electron chi connectivity index (χ1n) is 7.41. The lowest BCUT2D eigenvalue weighted by atomic mass is 10.1. The molecule has 118 valence electrons. The van der Waals surface area contributed by atoms with E-state index in [0.29, 0.717) is 17.6 Å². The second-order valence-corrected chi connectivity index (χ2v) is 5.71. The third-order valence-corrected chi connectivity index (χ3v) is 3.44. The van der Waals surface area contributed by atoms with Gasteiger partial charge in [-0.15, -0.1) is 5.10 Å². The molecule has 1 aromatic heterocycles. The van der Waals surface area contributed by atoms with Crippen molar-refractivity contribution in [3.8, 4) is 0 Å². The molecule has 3 aromatic rings. The van der Waals surface area contributed by atoms with E-state index < -0.39 is 0 Å². The van der Waals surface area contributed by atoms with Crippen LogP contribution in [0.1, 0.15) is 29.8 Å². The molecule has 0 aliphatic heterocycles. The number of aromatic nitrogens is 3. The molecular weight excluding hydrogens is 295 g/mol. The van der Waals surface area contributed by atoms with Crippen LogP contribution in [0.2, 0.25) is 0 Å². The molecule has 23 heavy (non-hydrogen) atoms. The maximum Gasteiger partial charge on any atom is 0.251 e. The highest BCUT2D eigenvalue weighted by Gasteiger charge is 2.11. The molecule has 6 heteroatoms. The molecule has 5 nitrogen and oxygen atoms in total. The van der Waals surface area contributed by atoms with Gasteiger partial charge in [-0.25, -0.2) is 9.07 Å². The number of hydrogen-bond acceptors (Lipinski definition) is 3. The molecule has 0 unspecified atom stereocenters. The quantitative estimate of drug-likeness (QED) is 0.806. The Morgan fingerprint density at radius 1 is 1.22 bits per heavy atom. The van der Waals surface area contributed by atoms with Gasteiger partial charge in [0.05, 0.1) is 12.1 Å². The topological polar surface area (TPSA) is 59.8 Å². The van der Waals surface area contributed by atoms with Crippen LogP contribution >= 0.6 is 0 Å². The molecule has 0 spiro atoms. The SMILES string of the molecule is CC(C)NC(=O)c1ccc2c(c1)nnn2Cc1ccc(F)cc1. The van der Waals surface area contributed by atoms with Crippen LogP contribution in [0.3, 0.4) is 0 Å². The van der Waals surface area contributed by atoms with Gasteiger partial charge in [0.1, 0.15) is 11.3 Å². The lowest BCUT2D eigenvalue weighted by molar-refractivity contribution is 0.0943. The summed E-state index contributed by atoms with van der Waals surface area (Å²) in [7, 11) is 0. The van der Waals surface area contributed by atoms with Crippen molar-refractivity contribution < 1.29 is 9.18 Å². The van der Waals surface area contributed by atoms with Crippen LogP contribution in [-0.2, 0) is 6.54 Å². The van der Waals surface area contributed by atoms with E-state index in [0.717, 1.165) is 11.1 Å². The van der Waals surface area contributed by atoms with E-state index in [2.05, 4.69) is 15.6 Å². The molecule has 0 atom stereocenters. The molecule has 0 aliphatic rings. The van der Waals surface area contributed by atoms with E-state index >= 15 is 0 Å². The lowest BCUT2D eigenvalue weighted by Gasteiger charge is -2.08. The maximum absolute atomic E-state index is 13.0. The standard InChI is InChI=1S/C17H17FN4O/c1-11(2)19-17(23)13-5-8-16-15(9-13)20-21-22(16)10-12-3-6-14(18)7-4-12/h3-9,11H,10H2,1-2H3,(H,19,23). The van der Waals surface area contributed by atoms with Gasteiger partial charge in [-0.1, -0.05) is 17.3 Å². The minimum absolute atomic E-state index is 0.0763. The fourth-order valence-electron chi connectivity index (χ4n) is 2.34. The van der Waals surface area contributed by atoms with Crippen molar-refractivity contribution in [2.45, 2.75) is 26.4 Å². The molecule has 0 saturated heterocycles.